The molecule has 2 N–H and O–H groups in total. The minimum Gasteiger partial charge on any atom is -0.478 e. The first-order valence-electron chi connectivity index (χ1n) is 10.4. The number of carbonyl (C=O) groups is 2. The summed E-state index contributed by atoms with van der Waals surface area (Å²) in [5, 5.41) is 21.9. The highest BCUT2D eigenvalue weighted by Crippen LogP contribution is 2.25. The van der Waals surface area contributed by atoms with Gasteiger partial charge in [0.25, 0.3) is 0 Å². The number of carbonyl (C=O) groups excluding carboxylic acids is 1. The van der Waals surface area contributed by atoms with E-state index in [0.717, 1.165) is 24.6 Å². The number of carboxylic acids is 1. The largest absolute Gasteiger partial charge is 0.478 e. The summed E-state index contributed by atoms with van der Waals surface area (Å²) in [5.41, 5.74) is 1.10. The molecule has 178 valence electrons. The molecule has 1 amide bonds. The van der Waals surface area contributed by atoms with Crippen LogP contribution in [0.2, 0.25) is 10.0 Å². The van der Waals surface area contributed by atoms with Crippen LogP contribution < -0.4 is 5.32 Å². The van der Waals surface area contributed by atoms with Gasteiger partial charge in [-0.05, 0) is 42.5 Å². The van der Waals surface area contributed by atoms with Gasteiger partial charge in [0.1, 0.15) is 0 Å². The summed E-state index contributed by atoms with van der Waals surface area (Å²) >= 11 is 13.2. The van der Waals surface area contributed by atoms with Gasteiger partial charge in [0.2, 0.25) is 5.91 Å². The molecular formula is C22H21Cl2N5O4S. The molecule has 0 aliphatic carbocycles. The molecule has 0 unspecified atom stereocenters. The molecule has 0 radical (unpaired) electrons. The number of thioether (sulfide) groups is 1. The molecule has 1 fully saturated rings. The fraction of sp³-hybridized carbons (Fsp3) is 0.273. The number of nitrogens with zero attached hydrogens (tertiary/aromatic N) is 4. The molecule has 9 nitrogen and oxygen atoms in total. The molecule has 0 bridgehead atoms. The Labute approximate surface area is 210 Å². The van der Waals surface area contributed by atoms with Crippen LogP contribution in [0.1, 0.15) is 16.2 Å². The smallest absolute Gasteiger partial charge is 0.337 e. The molecule has 1 aliphatic heterocycles. The van der Waals surface area contributed by atoms with Crippen molar-refractivity contribution in [3.05, 3.63) is 63.9 Å². The lowest BCUT2D eigenvalue weighted by molar-refractivity contribution is -0.113. The zero-order valence-corrected chi connectivity index (χ0v) is 20.2. The highest BCUT2D eigenvalue weighted by molar-refractivity contribution is 7.99. The Bertz CT molecular complexity index is 1180. The van der Waals surface area contributed by atoms with E-state index < -0.39 is 5.97 Å². The van der Waals surface area contributed by atoms with Crippen LogP contribution in [0.4, 0.5) is 5.69 Å². The van der Waals surface area contributed by atoms with E-state index in [-0.39, 0.29) is 22.2 Å². The topological polar surface area (TPSA) is 110 Å². The third-order valence-electron chi connectivity index (χ3n) is 5.07. The Kier molecular flexibility index (Phi) is 8.07. The Morgan fingerprint density at radius 1 is 1.09 bits per heavy atom. The predicted octanol–water partition coefficient (Wildman–Crippen LogP) is 3.84. The van der Waals surface area contributed by atoms with Gasteiger partial charge >= 0.3 is 5.97 Å². The fourth-order valence-electron chi connectivity index (χ4n) is 3.40. The molecule has 0 atom stereocenters. The van der Waals surface area contributed by atoms with E-state index >= 15 is 0 Å². The molecule has 1 saturated heterocycles. The van der Waals surface area contributed by atoms with E-state index in [1.807, 2.05) is 16.7 Å². The summed E-state index contributed by atoms with van der Waals surface area (Å²) in [6.07, 6.45) is 0. The summed E-state index contributed by atoms with van der Waals surface area (Å²) in [4.78, 5) is 26.1. The zero-order valence-electron chi connectivity index (χ0n) is 17.9. The Morgan fingerprint density at radius 2 is 1.82 bits per heavy atom. The second kappa shape index (κ2) is 11.2. The number of halogens is 2. The van der Waals surface area contributed by atoms with Gasteiger partial charge < -0.3 is 15.2 Å². The van der Waals surface area contributed by atoms with E-state index in [2.05, 4.69) is 20.4 Å². The van der Waals surface area contributed by atoms with Gasteiger partial charge in [-0.3, -0.25) is 14.3 Å². The molecule has 1 aromatic heterocycles. The van der Waals surface area contributed by atoms with E-state index in [1.165, 1.54) is 23.9 Å². The van der Waals surface area contributed by atoms with Gasteiger partial charge in [-0.15, -0.1) is 10.2 Å². The number of morpholine rings is 1. The molecule has 2 heterocycles. The number of nitrogens with one attached hydrogen (secondary N) is 1. The van der Waals surface area contributed by atoms with Gasteiger partial charge in [-0.25, -0.2) is 4.79 Å². The summed E-state index contributed by atoms with van der Waals surface area (Å²) in [7, 11) is 0. The number of rotatable bonds is 8. The molecule has 0 spiro atoms. The first kappa shape index (κ1) is 24.5. The second-order valence-electron chi connectivity index (χ2n) is 7.44. The molecule has 34 heavy (non-hydrogen) atoms. The molecule has 1 aliphatic rings. The average Bonchev–Trinajstić information content (AvgIpc) is 3.22. The number of benzene rings is 2. The number of ether oxygens (including phenoxy) is 1. The lowest BCUT2D eigenvalue weighted by Gasteiger charge is -2.26. The van der Waals surface area contributed by atoms with Crippen molar-refractivity contribution >= 4 is 52.5 Å². The van der Waals surface area contributed by atoms with Gasteiger partial charge in [-0.2, -0.15) is 0 Å². The van der Waals surface area contributed by atoms with Crippen LogP contribution in [-0.2, 0) is 16.1 Å². The van der Waals surface area contributed by atoms with Crippen molar-refractivity contribution in [1.29, 1.82) is 0 Å². The van der Waals surface area contributed by atoms with Crippen LogP contribution in [-0.4, -0.2) is 68.7 Å². The minimum atomic E-state index is -1.17. The van der Waals surface area contributed by atoms with Crippen molar-refractivity contribution < 1.29 is 19.4 Å². The third kappa shape index (κ3) is 6.08. The van der Waals surface area contributed by atoms with Crippen LogP contribution in [0, 0.1) is 0 Å². The van der Waals surface area contributed by atoms with Gasteiger partial charge in [-0.1, -0.05) is 35.0 Å². The Morgan fingerprint density at radius 3 is 2.53 bits per heavy atom. The minimum absolute atomic E-state index is 0.0499. The number of anilines is 1. The number of carboxylic acid groups (broad SMARTS) is 1. The highest BCUT2D eigenvalue weighted by atomic mass is 35.5. The Balaban J connectivity index is 1.49. The second-order valence-corrected chi connectivity index (χ2v) is 9.22. The first-order valence-corrected chi connectivity index (χ1v) is 12.1. The van der Waals surface area contributed by atoms with Crippen LogP contribution in [0.5, 0.6) is 0 Å². The molecule has 2 aromatic carbocycles. The van der Waals surface area contributed by atoms with E-state index in [0.29, 0.717) is 35.6 Å². The molecule has 0 saturated carbocycles. The van der Waals surface area contributed by atoms with Crippen LogP contribution in [0.25, 0.3) is 5.69 Å². The fourth-order valence-corrected chi connectivity index (χ4v) is 4.49. The van der Waals surface area contributed by atoms with E-state index in [4.69, 9.17) is 27.9 Å². The SMILES string of the molecule is O=C(CSc1nnc(CN2CCOCC2)n1-c1ccc(Cl)cc1)Nc1ccc(Cl)c(C(=O)O)c1. The Hall–Kier alpha value is -2.63. The number of hydrogen-bond acceptors (Lipinski definition) is 7. The van der Waals surface area contributed by atoms with Crippen molar-refractivity contribution in [3.8, 4) is 5.69 Å². The standard InChI is InChI=1S/C22H21Cl2N5O4S/c23-14-1-4-16(5-2-14)29-19(12-28-7-9-33-10-8-28)26-27-22(29)34-13-20(30)25-15-3-6-18(24)17(11-15)21(31)32/h1-6,11H,7-10,12-13H2,(H,25,30)(H,31,32). The van der Waals surface area contributed by atoms with Crippen molar-refractivity contribution in [3.63, 3.8) is 0 Å². The van der Waals surface area contributed by atoms with Crippen molar-refractivity contribution in [1.82, 2.24) is 19.7 Å². The lowest BCUT2D eigenvalue weighted by atomic mass is 10.2. The van der Waals surface area contributed by atoms with Gasteiger partial charge in [0.05, 0.1) is 36.1 Å². The maximum atomic E-state index is 12.6. The molecule has 4 rings (SSSR count). The molecule has 3 aromatic rings. The van der Waals surface area contributed by atoms with Crippen LogP contribution in [0.3, 0.4) is 0 Å². The maximum absolute atomic E-state index is 12.6. The number of amides is 1. The predicted molar refractivity (Wildman–Crippen MR) is 130 cm³/mol. The van der Waals surface area contributed by atoms with Crippen LogP contribution >= 0.6 is 35.0 Å². The summed E-state index contributed by atoms with van der Waals surface area (Å²) < 4.78 is 7.34. The van der Waals surface area contributed by atoms with Crippen molar-refractivity contribution in [2.45, 2.75) is 11.7 Å². The summed E-state index contributed by atoms with van der Waals surface area (Å²) in [6, 6.07) is 11.6. The van der Waals surface area contributed by atoms with Crippen molar-refractivity contribution in [2.75, 3.05) is 37.4 Å². The first-order chi connectivity index (χ1) is 16.4. The monoisotopic (exact) mass is 521 g/mol. The van der Waals surface area contributed by atoms with Crippen LogP contribution in [0.15, 0.2) is 47.6 Å². The lowest BCUT2D eigenvalue weighted by Crippen LogP contribution is -2.36. The maximum Gasteiger partial charge on any atom is 0.337 e. The van der Waals surface area contributed by atoms with Gasteiger partial charge in [0, 0.05) is 29.5 Å². The average molecular weight is 522 g/mol. The third-order valence-corrected chi connectivity index (χ3v) is 6.58. The number of aromatic nitrogens is 3. The molecular weight excluding hydrogens is 501 g/mol. The van der Waals surface area contributed by atoms with E-state index in [1.54, 1.807) is 18.2 Å². The molecule has 12 heteroatoms. The van der Waals surface area contributed by atoms with Crippen molar-refractivity contribution in [2.24, 2.45) is 0 Å². The number of aromatic carboxylic acids is 1. The van der Waals surface area contributed by atoms with E-state index in [9.17, 15) is 14.7 Å². The summed E-state index contributed by atoms with van der Waals surface area (Å²) in [6.45, 7) is 3.54. The number of hydrogen-bond donors (Lipinski definition) is 2. The quantitative estimate of drug-likeness (QED) is 0.430. The summed E-state index contributed by atoms with van der Waals surface area (Å²) in [5.74, 6) is -0.687. The van der Waals surface area contributed by atoms with Gasteiger partial charge in [0.15, 0.2) is 11.0 Å². The highest BCUT2D eigenvalue weighted by Gasteiger charge is 2.20. The zero-order chi connectivity index (χ0) is 24.1. The normalized spacial score (nSPS) is 14.2.